The van der Waals surface area contributed by atoms with Crippen LogP contribution in [-0.2, 0) is 16.1 Å². The standard InChI is InChI=1S/C25H28N2O3/c28-23(21-9-5-2-6-10-21)27-18-22(30-25(13-14-25)24(27)29)20-11-15-26(16-12-20)17-19-7-3-1-4-8-19/h1-10,20,22H,11-18H2/t22-/m1/s1. The van der Waals surface area contributed by atoms with Gasteiger partial charge >= 0.3 is 0 Å². The molecular formula is C25H28N2O3. The molecular weight excluding hydrogens is 376 g/mol. The van der Waals surface area contributed by atoms with Gasteiger partial charge < -0.3 is 4.74 Å². The molecule has 5 rings (SSSR count). The van der Waals surface area contributed by atoms with Gasteiger partial charge in [0.25, 0.3) is 11.8 Å². The number of morpholine rings is 1. The lowest BCUT2D eigenvalue weighted by atomic mass is 9.89. The summed E-state index contributed by atoms with van der Waals surface area (Å²) in [5.74, 6) is 0.0458. The third kappa shape index (κ3) is 3.80. The van der Waals surface area contributed by atoms with Crippen LogP contribution in [0.3, 0.4) is 0 Å². The zero-order chi connectivity index (χ0) is 20.6. The van der Waals surface area contributed by atoms with Gasteiger partial charge in [-0.15, -0.1) is 0 Å². The van der Waals surface area contributed by atoms with E-state index < -0.39 is 5.60 Å². The smallest absolute Gasteiger partial charge is 0.261 e. The fourth-order valence-electron chi connectivity index (χ4n) is 4.81. The van der Waals surface area contributed by atoms with E-state index >= 15 is 0 Å². The summed E-state index contributed by atoms with van der Waals surface area (Å²) in [6, 6.07) is 19.7. The number of carbonyl (C=O) groups is 2. The van der Waals surface area contributed by atoms with Crippen LogP contribution in [0.2, 0.25) is 0 Å². The number of rotatable bonds is 4. The lowest BCUT2D eigenvalue weighted by molar-refractivity contribution is -0.169. The van der Waals surface area contributed by atoms with E-state index in [1.165, 1.54) is 10.5 Å². The van der Waals surface area contributed by atoms with Gasteiger partial charge in [0.1, 0.15) is 5.60 Å². The molecule has 2 heterocycles. The average Bonchev–Trinajstić information content (AvgIpc) is 3.57. The molecule has 5 heteroatoms. The van der Waals surface area contributed by atoms with E-state index in [0.29, 0.717) is 18.0 Å². The molecule has 0 unspecified atom stereocenters. The number of piperidine rings is 1. The summed E-state index contributed by atoms with van der Waals surface area (Å²) < 4.78 is 6.34. The number of hydrogen-bond acceptors (Lipinski definition) is 4. The Kier molecular flexibility index (Phi) is 5.17. The fraction of sp³-hybridized carbons (Fsp3) is 0.440. The average molecular weight is 405 g/mol. The van der Waals surface area contributed by atoms with Crippen molar-refractivity contribution in [1.82, 2.24) is 9.80 Å². The highest BCUT2D eigenvalue weighted by molar-refractivity contribution is 6.08. The Bertz CT molecular complexity index is 903. The SMILES string of the molecule is O=C(c1ccccc1)N1C[C@H](C2CCN(Cc3ccccc3)CC2)OC2(CC2)C1=O. The van der Waals surface area contributed by atoms with Gasteiger partial charge in [0.2, 0.25) is 0 Å². The Balaban J connectivity index is 1.25. The van der Waals surface area contributed by atoms with E-state index in [1.807, 2.05) is 24.3 Å². The number of nitrogens with zero attached hydrogens (tertiary/aromatic N) is 2. The highest BCUT2D eigenvalue weighted by Crippen LogP contribution is 2.46. The van der Waals surface area contributed by atoms with Gasteiger partial charge in [0.15, 0.2) is 0 Å². The molecule has 1 aliphatic carbocycles. The van der Waals surface area contributed by atoms with E-state index in [-0.39, 0.29) is 17.9 Å². The Labute approximate surface area is 177 Å². The maximum Gasteiger partial charge on any atom is 0.261 e. The molecule has 0 bridgehead atoms. The first-order valence-electron chi connectivity index (χ1n) is 11.0. The predicted octanol–water partition coefficient (Wildman–Crippen LogP) is 3.50. The lowest BCUT2D eigenvalue weighted by Crippen LogP contribution is -2.58. The van der Waals surface area contributed by atoms with Crippen LogP contribution in [0.1, 0.15) is 41.6 Å². The first kappa shape index (κ1) is 19.5. The van der Waals surface area contributed by atoms with Gasteiger partial charge in [0, 0.05) is 12.1 Å². The van der Waals surface area contributed by atoms with Gasteiger partial charge in [-0.2, -0.15) is 0 Å². The maximum absolute atomic E-state index is 13.1. The van der Waals surface area contributed by atoms with Crippen LogP contribution in [-0.4, -0.2) is 53.0 Å². The third-order valence-electron chi connectivity index (χ3n) is 6.75. The van der Waals surface area contributed by atoms with Crippen LogP contribution < -0.4 is 0 Å². The van der Waals surface area contributed by atoms with Crippen LogP contribution in [0.4, 0.5) is 0 Å². The van der Waals surface area contributed by atoms with Crippen molar-refractivity contribution in [3.63, 3.8) is 0 Å². The summed E-state index contributed by atoms with van der Waals surface area (Å²) in [6.07, 6.45) is 3.47. The van der Waals surface area contributed by atoms with Gasteiger partial charge in [-0.1, -0.05) is 48.5 Å². The molecule has 2 aliphatic heterocycles. The van der Waals surface area contributed by atoms with Crippen molar-refractivity contribution in [3.05, 3.63) is 71.8 Å². The van der Waals surface area contributed by atoms with Crippen molar-refractivity contribution in [1.29, 1.82) is 0 Å². The Morgan fingerprint density at radius 2 is 1.60 bits per heavy atom. The van der Waals surface area contributed by atoms with Crippen molar-refractivity contribution in [2.75, 3.05) is 19.6 Å². The Morgan fingerprint density at radius 3 is 2.23 bits per heavy atom. The second-order valence-electron chi connectivity index (χ2n) is 8.84. The van der Waals surface area contributed by atoms with Crippen molar-refractivity contribution >= 4 is 11.8 Å². The molecule has 0 radical (unpaired) electrons. The van der Waals surface area contributed by atoms with Gasteiger partial charge in [-0.3, -0.25) is 19.4 Å². The second-order valence-corrected chi connectivity index (χ2v) is 8.84. The molecule has 30 heavy (non-hydrogen) atoms. The zero-order valence-corrected chi connectivity index (χ0v) is 17.2. The highest BCUT2D eigenvalue weighted by Gasteiger charge is 2.59. The summed E-state index contributed by atoms with van der Waals surface area (Å²) in [6.45, 7) is 3.39. The lowest BCUT2D eigenvalue weighted by Gasteiger charge is -2.43. The van der Waals surface area contributed by atoms with Gasteiger partial charge in [-0.25, -0.2) is 0 Å². The largest absolute Gasteiger partial charge is 0.360 e. The molecule has 2 amide bonds. The maximum atomic E-state index is 13.1. The van der Waals surface area contributed by atoms with Gasteiger partial charge in [0.05, 0.1) is 12.6 Å². The van der Waals surface area contributed by atoms with E-state index in [2.05, 4.69) is 29.2 Å². The van der Waals surface area contributed by atoms with Gasteiger partial charge in [-0.05, 0) is 62.4 Å². The number of carbonyl (C=O) groups excluding carboxylic acids is 2. The van der Waals surface area contributed by atoms with E-state index in [9.17, 15) is 9.59 Å². The molecule has 3 fully saturated rings. The Morgan fingerprint density at radius 1 is 0.967 bits per heavy atom. The number of benzene rings is 2. The number of imide groups is 1. The zero-order valence-electron chi connectivity index (χ0n) is 17.2. The molecule has 2 saturated heterocycles. The molecule has 1 saturated carbocycles. The van der Waals surface area contributed by atoms with Crippen molar-refractivity contribution in [3.8, 4) is 0 Å². The summed E-state index contributed by atoms with van der Waals surface area (Å²) in [5, 5.41) is 0. The van der Waals surface area contributed by atoms with Crippen molar-refractivity contribution in [2.45, 2.75) is 43.9 Å². The normalized spacial score (nSPS) is 24.2. The molecule has 5 nitrogen and oxygen atoms in total. The molecule has 0 N–H and O–H groups in total. The molecule has 1 atom stereocenters. The fourth-order valence-corrected chi connectivity index (χ4v) is 4.81. The van der Waals surface area contributed by atoms with Crippen LogP contribution in [0.15, 0.2) is 60.7 Å². The van der Waals surface area contributed by atoms with E-state index in [4.69, 9.17) is 4.74 Å². The first-order valence-corrected chi connectivity index (χ1v) is 11.0. The third-order valence-corrected chi connectivity index (χ3v) is 6.75. The summed E-state index contributed by atoms with van der Waals surface area (Å²) in [7, 11) is 0. The molecule has 2 aromatic rings. The molecule has 1 spiro atoms. The molecule has 3 aliphatic rings. The molecule has 2 aromatic carbocycles. The molecule has 156 valence electrons. The minimum absolute atomic E-state index is 0.0586. The highest BCUT2D eigenvalue weighted by atomic mass is 16.5. The predicted molar refractivity (Wildman–Crippen MR) is 114 cm³/mol. The number of ether oxygens (including phenoxy) is 1. The number of hydrogen-bond donors (Lipinski definition) is 0. The minimum Gasteiger partial charge on any atom is -0.360 e. The summed E-state index contributed by atoms with van der Waals surface area (Å²) >= 11 is 0. The van der Waals surface area contributed by atoms with Crippen LogP contribution in [0.25, 0.3) is 0 Å². The van der Waals surface area contributed by atoms with E-state index in [1.54, 1.807) is 12.1 Å². The number of likely N-dealkylation sites (tertiary alicyclic amines) is 1. The Hall–Kier alpha value is -2.50. The van der Waals surface area contributed by atoms with Crippen LogP contribution >= 0.6 is 0 Å². The minimum atomic E-state index is -0.742. The molecule has 0 aromatic heterocycles. The topological polar surface area (TPSA) is 49.9 Å². The quantitative estimate of drug-likeness (QED) is 0.732. The summed E-state index contributed by atoms with van der Waals surface area (Å²) in [5.41, 5.74) is 1.17. The van der Waals surface area contributed by atoms with Crippen molar-refractivity contribution < 1.29 is 14.3 Å². The summed E-state index contributed by atoms with van der Waals surface area (Å²) in [4.78, 5) is 30.0. The van der Waals surface area contributed by atoms with Crippen LogP contribution in [0.5, 0.6) is 0 Å². The monoisotopic (exact) mass is 404 g/mol. The first-order chi connectivity index (χ1) is 14.6. The van der Waals surface area contributed by atoms with Crippen molar-refractivity contribution in [2.24, 2.45) is 5.92 Å². The number of amides is 2. The van der Waals surface area contributed by atoms with Crippen LogP contribution in [0, 0.1) is 5.92 Å². The van der Waals surface area contributed by atoms with E-state index in [0.717, 1.165) is 45.3 Å². The second kappa shape index (κ2) is 7.97.